The lowest BCUT2D eigenvalue weighted by molar-refractivity contribution is -0.116. The largest absolute Gasteiger partial charge is 0.389 e. The van der Waals surface area contributed by atoms with E-state index in [2.05, 4.69) is 6.07 Å². The average Bonchev–Trinajstić information content (AvgIpc) is 2.38. The van der Waals surface area contributed by atoms with Gasteiger partial charge in [-0.1, -0.05) is 6.92 Å². The highest BCUT2D eigenvalue weighted by molar-refractivity contribution is 5.91. The topological polar surface area (TPSA) is 61.1 Å². The van der Waals surface area contributed by atoms with Crippen molar-refractivity contribution in [1.29, 1.82) is 5.26 Å². The number of fused-ring (bicyclic) bond motifs is 1. The molecular formula is C13H17NO2. The third-order valence-electron chi connectivity index (χ3n) is 4.12. The van der Waals surface area contributed by atoms with Crippen LogP contribution in [0.3, 0.4) is 0 Å². The Labute approximate surface area is 95.8 Å². The molecule has 2 rings (SSSR count). The number of carbonyl (C=O) groups excluding carboxylic acids is 1. The smallest absolute Gasteiger partial charge is 0.155 e. The summed E-state index contributed by atoms with van der Waals surface area (Å²) in [5, 5.41) is 19.3. The minimum absolute atomic E-state index is 0.0657. The molecule has 0 radical (unpaired) electrons. The second-order valence-electron chi connectivity index (χ2n) is 5.11. The minimum Gasteiger partial charge on any atom is -0.389 e. The summed E-state index contributed by atoms with van der Waals surface area (Å²) >= 11 is 0. The summed E-state index contributed by atoms with van der Waals surface area (Å²) in [6.45, 7) is 2.02. The van der Waals surface area contributed by atoms with E-state index in [1.807, 2.05) is 6.92 Å². The quantitative estimate of drug-likeness (QED) is 0.677. The molecule has 0 unspecified atom stereocenters. The molecule has 1 fully saturated rings. The van der Waals surface area contributed by atoms with Gasteiger partial charge in [-0.3, -0.25) is 4.79 Å². The fraction of sp³-hybridized carbons (Fsp3) is 0.692. The van der Waals surface area contributed by atoms with Gasteiger partial charge in [-0.15, -0.1) is 0 Å². The summed E-state index contributed by atoms with van der Waals surface area (Å²) in [6, 6.07) is 2.36. The van der Waals surface area contributed by atoms with Gasteiger partial charge in [0.05, 0.1) is 18.1 Å². The van der Waals surface area contributed by atoms with Crippen LogP contribution in [0.15, 0.2) is 11.6 Å². The number of aliphatic hydroxyl groups excluding tert-OH is 1. The van der Waals surface area contributed by atoms with Crippen LogP contribution in [-0.2, 0) is 4.79 Å². The van der Waals surface area contributed by atoms with Crippen LogP contribution in [0.25, 0.3) is 0 Å². The van der Waals surface area contributed by atoms with Crippen molar-refractivity contribution in [3.05, 3.63) is 11.6 Å². The highest BCUT2D eigenvalue weighted by Gasteiger charge is 2.44. The number of rotatable bonds is 0. The summed E-state index contributed by atoms with van der Waals surface area (Å²) in [4.78, 5) is 11.4. The number of carbonyl (C=O) groups is 1. The molecule has 0 saturated heterocycles. The molecule has 0 spiro atoms. The first-order chi connectivity index (χ1) is 7.58. The zero-order valence-corrected chi connectivity index (χ0v) is 9.57. The molecule has 3 nitrogen and oxygen atoms in total. The second-order valence-corrected chi connectivity index (χ2v) is 5.11. The molecule has 0 aromatic heterocycles. The van der Waals surface area contributed by atoms with E-state index >= 15 is 0 Å². The molecular weight excluding hydrogens is 202 g/mol. The Bertz CT molecular complexity index is 380. The Morgan fingerprint density at radius 3 is 3.00 bits per heavy atom. The molecule has 0 aliphatic heterocycles. The molecule has 0 aromatic carbocycles. The SMILES string of the molecule is C[C@@]12CCC(=O)C=C1[C@@H](O)CCC[C@@H]2C#N. The van der Waals surface area contributed by atoms with Crippen molar-refractivity contribution in [2.75, 3.05) is 0 Å². The minimum atomic E-state index is -0.535. The summed E-state index contributed by atoms with van der Waals surface area (Å²) in [6.07, 6.45) is 4.62. The summed E-state index contributed by atoms with van der Waals surface area (Å²) in [7, 11) is 0. The van der Waals surface area contributed by atoms with Gasteiger partial charge in [0.2, 0.25) is 0 Å². The van der Waals surface area contributed by atoms with Gasteiger partial charge < -0.3 is 5.11 Å². The van der Waals surface area contributed by atoms with Crippen LogP contribution in [0, 0.1) is 22.7 Å². The van der Waals surface area contributed by atoms with Crippen molar-refractivity contribution in [3.8, 4) is 6.07 Å². The Balaban J connectivity index is 2.45. The van der Waals surface area contributed by atoms with Crippen LogP contribution in [0.1, 0.15) is 39.0 Å². The number of hydrogen-bond acceptors (Lipinski definition) is 3. The number of aliphatic hydroxyl groups is 1. The number of ketones is 1. The molecule has 3 heteroatoms. The molecule has 0 bridgehead atoms. The van der Waals surface area contributed by atoms with Gasteiger partial charge in [0.1, 0.15) is 0 Å². The molecule has 86 valence electrons. The van der Waals surface area contributed by atoms with Crippen LogP contribution in [0.4, 0.5) is 0 Å². The van der Waals surface area contributed by atoms with Gasteiger partial charge in [-0.25, -0.2) is 0 Å². The lowest BCUT2D eigenvalue weighted by Gasteiger charge is -2.38. The van der Waals surface area contributed by atoms with Crippen LogP contribution in [0.5, 0.6) is 0 Å². The third kappa shape index (κ3) is 1.68. The molecule has 0 heterocycles. The van der Waals surface area contributed by atoms with E-state index in [1.54, 1.807) is 6.08 Å². The summed E-state index contributed by atoms with van der Waals surface area (Å²) < 4.78 is 0. The Kier molecular flexibility index (Phi) is 2.86. The lowest BCUT2D eigenvalue weighted by Crippen LogP contribution is -2.35. The zero-order valence-electron chi connectivity index (χ0n) is 9.57. The normalized spacial score (nSPS) is 39.3. The van der Waals surface area contributed by atoms with Crippen LogP contribution < -0.4 is 0 Å². The van der Waals surface area contributed by atoms with E-state index in [0.29, 0.717) is 19.3 Å². The van der Waals surface area contributed by atoms with Crippen molar-refractivity contribution in [2.24, 2.45) is 11.3 Å². The Morgan fingerprint density at radius 2 is 2.31 bits per heavy atom. The first-order valence-electron chi connectivity index (χ1n) is 5.90. The highest BCUT2D eigenvalue weighted by atomic mass is 16.3. The van der Waals surface area contributed by atoms with Crippen LogP contribution >= 0.6 is 0 Å². The number of allylic oxidation sites excluding steroid dienone is 1. The molecule has 0 amide bonds. The third-order valence-corrected chi connectivity index (χ3v) is 4.12. The lowest BCUT2D eigenvalue weighted by atomic mass is 9.65. The van der Waals surface area contributed by atoms with Gasteiger partial charge in [-0.2, -0.15) is 5.26 Å². The van der Waals surface area contributed by atoms with Crippen LogP contribution in [0.2, 0.25) is 0 Å². The highest BCUT2D eigenvalue weighted by Crippen LogP contribution is 2.48. The standard InChI is InChI=1S/C13H17NO2/c1-13-6-5-10(15)7-11(13)12(16)4-2-3-9(13)8-14/h7,9,12,16H,2-6H2,1H3/t9-,12+,13+/m1/s1. The summed E-state index contributed by atoms with van der Waals surface area (Å²) in [5.41, 5.74) is 0.506. The van der Waals surface area contributed by atoms with Crippen molar-refractivity contribution in [1.82, 2.24) is 0 Å². The molecule has 0 aromatic rings. The van der Waals surface area contributed by atoms with Crippen molar-refractivity contribution in [3.63, 3.8) is 0 Å². The maximum absolute atomic E-state index is 11.4. The summed E-state index contributed by atoms with van der Waals surface area (Å²) in [5.74, 6) is 0.0223. The molecule has 1 saturated carbocycles. The van der Waals surface area contributed by atoms with Crippen molar-refractivity contribution in [2.45, 2.75) is 45.1 Å². The fourth-order valence-corrected chi connectivity index (χ4v) is 2.99. The van der Waals surface area contributed by atoms with E-state index in [1.165, 1.54) is 0 Å². The molecule has 2 aliphatic carbocycles. The number of nitrogens with zero attached hydrogens (tertiary/aromatic N) is 1. The van der Waals surface area contributed by atoms with Gasteiger partial charge >= 0.3 is 0 Å². The van der Waals surface area contributed by atoms with Crippen molar-refractivity contribution >= 4 is 5.78 Å². The maximum atomic E-state index is 11.4. The maximum Gasteiger partial charge on any atom is 0.155 e. The predicted molar refractivity (Wildman–Crippen MR) is 59.4 cm³/mol. The Hall–Kier alpha value is -1.14. The van der Waals surface area contributed by atoms with E-state index in [9.17, 15) is 15.2 Å². The Morgan fingerprint density at radius 1 is 1.56 bits per heavy atom. The van der Waals surface area contributed by atoms with Crippen molar-refractivity contribution < 1.29 is 9.90 Å². The van der Waals surface area contributed by atoms with E-state index in [0.717, 1.165) is 18.4 Å². The molecule has 2 aliphatic rings. The van der Waals surface area contributed by atoms with Crippen LogP contribution in [-0.4, -0.2) is 17.0 Å². The number of hydrogen-bond donors (Lipinski definition) is 1. The number of nitriles is 1. The van der Waals surface area contributed by atoms with Gasteiger partial charge in [0.15, 0.2) is 5.78 Å². The zero-order chi connectivity index (χ0) is 11.8. The van der Waals surface area contributed by atoms with E-state index in [4.69, 9.17) is 0 Å². The van der Waals surface area contributed by atoms with Gasteiger partial charge in [-0.05, 0) is 37.3 Å². The molecule has 3 atom stereocenters. The van der Waals surface area contributed by atoms with Gasteiger partial charge in [0.25, 0.3) is 0 Å². The second kappa shape index (κ2) is 4.03. The first-order valence-corrected chi connectivity index (χ1v) is 5.90. The molecule has 16 heavy (non-hydrogen) atoms. The fourth-order valence-electron chi connectivity index (χ4n) is 2.99. The monoisotopic (exact) mass is 219 g/mol. The predicted octanol–water partition coefficient (Wildman–Crippen LogP) is 1.97. The first kappa shape index (κ1) is 11.3. The molecule has 1 N–H and O–H groups in total. The average molecular weight is 219 g/mol. The van der Waals surface area contributed by atoms with Gasteiger partial charge in [0, 0.05) is 11.8 Å². The van der Waals surface area contributed by atoms with E-state index in [-0.39, 0.29) is 17.1 Å². The van der Waals surface area contributed by atoms with E-state index < -0.39 is 6.10 Å².